The third-order valence-electron chi connectivity index (χ3n) is 5.81. The number of H-pyrrole nitrogens is 1. The van der Waals surface area contributed by atoms with Crippen LogP contribution in [-0.2, 0) is 22.6 Å². The number of aliphatic carboxylic acids is 1. The maximum absolute atomic E-state index is 12.9. The Bertz CT molecular complexity index is 1390. The summed E-state index contributed by atoms with van der Waals surface area (Å²) in [7, 11) is 0. The van der Waals surface area contributed by atoms with Crippen LogP contribution in [0, 0.1) is 0 Å². The van der Waals surface area contributed by atoms with Gasteiger partial charge in [-0.05, 0) is 55.0 Å². The lowest BCUT2D eigenvalue weighted by atomic mass is 9.84. The van der Waals surface area contributed by atoms with Gasteiger partial charge in [-0.2, -0.15) is 0 Å². The van der Waals surface area contributed by atoms with Crippen LogP contribution in [0.1, 0.15) is 58.7 Å². The molecule has 3 aromatic rings. The molecule has 3 heterocycles. The summed E-state index contributed by atoms with van der Waals surface area (Å²) in [5, 5.41) is 15.1. The maximum atomic E-state index is 12.9. The Morgan fingerprint density at radius 3 is 2.81 bits per heavy atom. The van der Waals surface area contributed by atoms with E-state index in [9.17, 15) is 24.3 Å². The summed E-state index contributed by atoms with van der Waals surface area (Å²) in [6.45, 7) is 2.78. The minimum absolute atomic E-state index is 0. The van der Waals surface area contributed by atoms with Crippen LogP contribution in [0.2, 0.25) is 0 Å². The van der Waals surface area contributed by atoms with Gasteiger partial charge >= 0.3 is 5.97 Å². The molecule has 2 aromatic heterocycles. The molecule has 6 N–H and O–H groups in total. The summed E-state index contributed by atoms with van der Waals surface area (Å²) in [6.07, 6.45) is 2.30. The number of hydrogen-bond acceptors (Lipinski definition) is 8. The van der Waals surface area contributed by atoms with Gasteiger partial charge in [-0.15, -0.1) is 23.7 Å². The number of nitrogens with zero attached hydrogens (tertiary/aromatic N) is 1. The minimum atomic E-state index is -0.902. The van der Waals surface area contributed by atoms with E-state index >= 15 is 0 Å². The van der Waals surface area contributed by atoms with Gasteiger partial charge in [0.05, 0.1) is 17.5 Å². The Hall–Kier alpha value is -3.48. The van der Waals surface area contributed by atoms with Gasteiger partial charge in [0.25, 0.3) is 17.4 Å². The number of ether oxygens (including phenoxy) is 1. The first-order chi connectivity index (χ1) is 17.3. The molecule has 1 aliphatic heterocycles. The van der Waals surface area contributed by atoms with Crippen molar-refractivity contribution >= 4 is 57.4 Å². The van der Waals surface area contributed by atoms with Crippen LogP contribution in [0.15, 0.2) is 23.0 Å². The van der Waals surface area contributed by atoms with Crippen molar-refractivity contribution in [2.24, 2.45) is 5.73 Å². The molecule has 2 amide bonds. The van der Waals surface area contributed by atoms with E-state index in [4.69, 9.17) is 10.5 Å². The van der Waals surface area contributed by atoms with Crippen LogP contribution in [0.4, 0.5) is 5.69 Å². The number of aryl methyl sites for hydroxylation is 1. The van der Waals surface area contributed by atoms with Crippen LogP contribution in [0.3, 0.4) is 0 Å². The van der Waals surface area contributed by atoms with Crippen LogP contribution in [0.25, 0.3) is 10.2 Å². The number of halogens is 1. The fourth-order valence-electron chi connectivity index (χ4n) is 4.37. The van der Waals surface area contributed by atoms with E-state index in [1.807, 2.05) is 6.92 Å². The van der Waals surface area contributed by atoms with Gasteiger partial charge in [-0.1, -0.05) is 13.0 Å². The van der Waals surface area contributed by atoms with Gasteiger partial charge < -0.3 is 31.2 Å². The van der Waals surface area contributed by atoms with Crippen LogP contribution in [-0.4, -0.2) is 46.0 Å². The molecule has 0 fully saturated rings. The van der Waals surface area contributed by atoms with E-state index in [1.54, 1.807) is 18.2 Å². The van der Waals surface area contributed by atoms with Gasteiger partial charge in [0.15, 0.2) is 6.61 Å². The molecule has 1 aromatic carbocycles. The van der Waals surface area contributed by atoms with Crippen molar-refractivity contribution in [2.75, 3.05) is 18.5 Å². The topological polar surface area (TPSA) is 176 Å². The van der Waals surface area contributed by atoms with Crippen molar-refractivity contribution < 1.29 is 24.2 Å². The summed E-state index contributed by atoms with van der Waals surface area (Å²) in [6, 6.07) is 5.19. The zero-order valence-corrected chi connectivity index (χ0v) is 21.7. The molecule has 11 nitrogen and oxygen atoms in total. The largest absolute Gasteiger partial charge is 0.482 e. The van der Waals surface area contributed by atoms with Gasteiger partial charge in [0.2, 0.25) is 5.82 Å². The number of nitrogens with one attached hydrogen (secondary N) is 3. The molecule has 0 saturated heterocycles. The van der Waals surface area contributed by atoms with Crippen molar-refractivity contribution in [1.82, 2.24) is 15.3 Å². The number of carbonyl (C=O) groups is 3. The van der Waals surface area contributed by atoms with Crippen LogP contribution < -0.4 is 26.7 Å². The quantitative estimate of drug-likeness (QED) is 0.322. The average molecular weight is 550 g/mol. The number of nitrogens with two attached hydrogens (primary N) is 1. The molecule has 1 aliphatic carbocycles. The number of rotatable bonds is 5. The number of fused-ring (bicyclic) bond motifs is 4. The SMILES string of the molecule is CCN.Cl.O=C(O)CC1CCCc2sc3nc(C(=O)NCc4ccc5c(c4)NC(=O)CO5)[nH]c(=O)c3c21. The van der Waals surface area contributed by atoms with Crippen LogP contribution in [0.5, 0.6) is 5.75 Å². The van der Waals surface area contributed by atoms with Crippen molar-refractivity contribution in [3.05, 3.63) is 50.4 Å². The Morgan fingerprint density at radius 2 is 2.08 bits per heavy atom. The lowest BCUT2D eigenvalue weighted by Gasteiger charge is -2.21. The number of hydrogen-bond donors (Lipinski definition) is 5. The molecule has 0 bridgehead atoms. The van der Waals surface area contributed by atoms with Crippen molar-refractivity contribution in [2.45, 2.75) is 45.1 Å². The number of aromatic amines is 1. The highest BCUT2D eigenvalue weighted by Crippen LogP contribution is 2.41. The highest BCUT2D eigenvalue weighted by Gasteiger charge is 2.29. The summed E-state index contributed by atoms with van der Waals surface area (Å²) >= 11 is 1.35. The zero-order chi connectivity index (χ0) is 25.8. The molecule has 2 aliphatic rings. The van der Waals surface area contributed by atoms with Crippen molar-refractivity contribution in [3.63, 3.8) is 0 Å². The Kier molecular flexibility index (Phi) is 9.24. The standard InChI is InChI=1S/C22H20N4O6S.C2H7N.ClH/c27-15-9-32-13-5-4-10(6-12(13)24-15)8-23-21(31)19-25-20(30)18-17-11(7-16(28)29)2-1-3-14(17)33-22(18)26-19;1-2-3;/h4-6,11H,1-3,7-9H2,(H,23,31)(H,24,27)(H,28,29)(H,25,26,30);2-3H2,1H3;1H. The summed E-state index contributed by atoms with van der Waals surface area (Å²) in [4.78, 5) is 56.7. The molecule has 37 heavy (non-hydrogen) atoms. The smallest absolute Gasteiger partial charge is 0.303 e. The number of anilines is 1. The second-order valence-corrected chi connectivity index (χ2v) is 9.56. The van der Waals surface area contributed by atoms with Gasteiger partial charge in [0.1, 0.15) is 10.6 Å². The van der Waals surface area contributed by atoms with E-state index < -0.39 is 17.4 Å². The zero-order valence-electron chi connectivity index (χ0n) is 20.1. The molecule has 5 rings (SSSR count). The third kappa shape index (κ3) is 6.27. The Morgan fingerprint density at radius 1 is 1.32 bits per heavy atom. The molecule has 0 spiro atoms. The van der Waals surface area contributed by atoms with Gasteiger partial charge in [0, 0.05) is 11.4 Å². The lowest BCUT2D eigenvalue weighted by Crippen LogP contribution is -2.28. The number of aromatic nitrogens is 2. The van der Waals surface area contributed by atoms with Crippen molar-refractivity contribution in [3.8, 4) is 5.75 Å². The number of amides is 2. The molecular weight excluding hydrogens is 522 g/mol. The molecule has 0 saturated carbocycles. The number of carboxylic acids is 1. The van der Waals surface area contributed by atoms with E-state index in [0.29, 0.717) is 28.1 Å². The van der Waals surface area contributed by atoms with Crippen LogP contribution >= 0.6 is 23.7 Å². The number of carbonyl (C=O) groups excluding carboxylic acids is 2. The number of carboxylic acid groups (broad SMARTS) is 1. The maximum Gasteiger partial charge on any atom is 0.303 e. The van der Waals surface area contributed by atoms with E-state index in [0.717, 1.165) is 35.4 Å². The first-order valence-electron chi connectivity index (χ1n) is 11.6. The molecule has 0 radical (unpaired) electrons. The van der Waals surface area contributed by atoms with E-state index in [-0.39, 0.29) is 49.6 Å². The predicted octanol–water partition coefficient (Wildman–Crippen LogP) is 2.53. The Labute approximate surface area is 222 Å². The van der Waals surface area contributed by atoms with Gasteiger partial charge in [-0.3, -0.25) is 19.2 Å². The predicted molar refractivity (Wildman–Crippen MR) is 142 cm³/mol. The lowest BCUT2D eigenvalue weighted by molar-refractivity contribution is -0.137. The number of benzene rings is 1. The van der Waals surface area contributed by atoms with Gasteiger partial charge in [-0.25, -0.2) is 4.98 Å². The molecule has 1 atom stereocenters. The number of thiophene rings is 1. The van der Waals surface area contributed by atoms with Crippen molar-refractivity contribution in [1.29, 1.82) is 0 Å². The molecule has 198 valence electrons. The fourth-order valence-corrected chi connectivity index (χ4v) is 5.67. The highest BCUT2D eigenvalue weighted by molar-refractivity contribution is 7.18. The second-order valence-electron chi connectivity index (χ2n) is 8.48. The third-order valence-corrected chi connectivity index (χ3v) is 6.97. The summed E-state index contributed by atoms with van der Waals surface area (Å²) in [5.41, 5.74) is 6.45. The first kappa shape index (κ1) is 28.1. The highest BCUT2D eigenvalue weighted by atomic mass is 35.5. The van der Waals surface area contributed by atoms with E-state index in [2.05, 4.69) is 20.6 Å². The monoisotopic (exact) mass is 549 g/mol. The summed E-state index contributed by atoms with van der Waals surface area (Å²) < 4.78 is 5.32. The molecular formula is C24H28ClN5O6S. The summed E-state index contributed by atoms with van der Waals surface area (Å²) in [5.74, 6) is -1.46. The fraction of sp³-hybridized carbons (Fsp3) is 0.375. The Balaban J connectivity index is 0.000000908. The molecule has 1 unspecified atom stereocenters. The van der Waals surface area contributed by atoms with E-state index in [1.165, 1.54) is 11.3 Å². The molecule has 13 heteroatoms. The normalized spacial score (nSPS) is 15.6. The average Bonchev–Trinajstić information content (AvgIpc) is 3.22. The minimum Gasteiger partial charge on any atom is -0.482 e. The first-order valence-corrected chi connectivity index (χ1v) is 12.4. The second kappa shape index (κ2) is 12.2.